The second-order valence-electron chi connectivity index (χ2n) is 14.2. The molecule has 1 atom stereocenters. The standard InChI is InChI=1S/C55H82O5/c1-4-7-10-13-16-19-22-25-27-29-32-35-38-41-44-47-50-58-51-53(60-55(57)49-46-43-40-37-34-30-24-21-18-15-12-9-6-3)52-59-54(56)48-45-42-39-36-33-31-28-26-23-20-17-14-11-8-5-2/h7-12,16-21,25-28,30,32-36,40,42-43,45,53H,4-6,13-15,22-24,29,31,37-39,41,44,46-52H2,1-3H3/b10-7-,11-8-,12-9-,19-16-,20-17-,21-18-,27-25-,28-26-,34-30-,35-32-,36-33-,43-40-,45-42-. The van der Waals surface area contributed by atoms with Crippen molar-refractivity contribution < 1.29 is 23.8 Å². The molecule has 0 amide bonds. The minimum atomic E-state index is -0.642. The Kier molecular flexibility index (Phi) is 45.2. The SMILES string of the molecule is CC/C=C\C/C=C\C/C=C\C/C=C\C/C=C\CC(=O)OCC(COCCCCC/C=C\C/C=C\C/C=C\C/C=C\CC)OC(=O)CC/C=C\C/C=C\C/C=C\C/C=C\CC. The van der Waals surface area contributed by atoms with Crippen LogP contribution in [0, 0.1) is 0 Å². The molecule has 332 valence electrons. The number of unbranched alkanes of at least 4 members (excludes halogenated alkanes) is 3. The molecule has 0 aliphatic rings. The van der Waals surface area contributed by atoms with Crippen LogP contribution in [0.2, 0.25) is 0 Å². The third-order valence-electron chi connectivity index (χ3n) is 8.59. The highest BCUT2D eigenvalue weighted by Gasteiger charge is 2.17. The lowest BCUT2D eigenvalue weighted by molar-refractivity contribution is -0.162. The molecule has 0 aliphatic heterocycles. The summed E-state index contributed by atoms with van der Waals surface area (Å²) in [5, 5.41) is 0. The molecule has 0 aromatic rings. The molecule has 0 N–H and O–H groups in total. The smallest absolute Gasteiger partial charge is 0.309 e. The number of allylic oxidation sites excluding steroid dienone is 25. The fraction of sp³-hybridized carbons (Fsp3) is 0.491. The number of carbonyl (C=O) groups excluding carboxylic acids is 2. The molecular weight excluding hydrogens is 741 g/mol. The van der Waals surface area contributed by atoms with Gasteiger partial charge >= 0.3 is 11.9 Å². The van der Waals surface area contributed by atoms with Crippen LogP contribution < -0.4 is 0 Å². The van der Waals surface area contributed by atoms with Crippen LogP contribution in [0.15, 0.2) is 158 Å². The molecular formula is C55H82O5. The van der Waals surface area contributed by atoms with Gasteiger partial charge in [0.1, 0.15) is 6.61 Å². The number of hydrogen-bond donors (Lipinski definition) is 0. The predicted molar refractivity (Wildman–Crippen MR) is 260 cm³/mol. The van der Waals surface area contributed by atoms with Crippen molar-refractivity contribution in [3.05, 3.63) is 158 Å². The molecule has 0 saturated heterocycles. The highest BCUT2D eigenvalue weighted by Crippen LogP contribution is 2.07. The molecule has 0 aromatic heterocycles. The van der Waals surface area contributed by atoms with E-state index in [1.165, 1.54) is 0 Å². The van der Waals surface area contributed by atoms with Crippen LogP contribution >= 0.6 is 0 Å². The zero-order valence-electron chi connectivity index (χ0n) is 37.9. The number of esters is 2. The van der Waals surface area contributed by atoms with Gasteiger partial charge in [0, 0.05) is 13.0 Å². The minimum absolute atomic E-state index is 0.0227. The van der Waals surface area contributed by atoms with Gasteiger partial charge in [0.2, 0.25) is 0 Å². The Bertz CT molecular complexity index is 1390. The maximum Gasteiger partial charge on any atom is 0.309 e. The van der Waals surface area contributed by atoms with E-state index in [0.29, 0.717) is 13.0 Å². The van der Waals surface area contributed by atoms with Gasteiger partial charge < -0.3 is 14.2 Å². The highest BCUT2D eigenvalue weighted by molar-refractivity contribution is 5.71. The Morgan fingerprint density at radius 1 is 0.383 bits per heavy atom. The lowest BCUT2D eigenvalue weighted by atomic mass is 10.2. The van der Waals surface area contributed by atoms with Crippen LogP contribution in [0.5, 0.6) is 0 Å². The first-order chi connectivity index (χ1) is 29.6. The number of hydrogen-bond acceptors (Lipinski definition) is 5. The summed E-state index contributed by atoms with van der Waals surface area (Å²) in [6.45, 7) is 7.17. The average Bonchev–Trinajstić information content (AvgIpc) is 3.25. The highest BCUT2D eigenvalue weighted by atomic mass is 16.6. The Hall–Kier alpha value is -4.48. The minimum Gasteiger partial charge on any atom is -0.461 e. The van der Waals surface area contributed by atoms with Gasteiger partial charge in [-0.3, -0.25) is 9.59 Å². The molecule has 0 aromatic carbocycles. The maximum atomic E-state index is 12.7. The fourth-order valence-corrected chi connectivity index (χ4v) is 5.29. The summed E-state index contributed by atoms with van der Waals surface area (Å²) < 4.78 is 17.1. The van der Waals surface area contributed by atoms with Crippen molar-refractivity contribution in [1.29, 1.82) is 0 Å². The molecule has 0 saturated carbocycles. The Labute approximate surface area is 367 Å². The van der Waals surface area contributed by atoms with E-state index in [-0.39, 0.29) is 38.0 Å². The Morgan fingerprint density at radius 3 is 1.17 bits per heavy atom. The molecule has 0 aliphatic carbocycles. The first-order valence-electron chi connectivity index (χ1n) is 23.0. The summed E-state index contributed by atoms with van der Waals surface area (Å²) in [5.41, 5.74) is 0. The summed E-state index contributed by atoms with van der Waals surface area (Å²) in [6, 6.07) is 0. The lowest BCUT2D eigenvalue weighted by Crippen LogP contribution is -2.30. The van der Waals surface area contributed by atoms with Gasteiger partial charge in [-0.05, 0) is 109 Å². The van der Waals surface area contributed by atoms with E-state index in [1.54, 1.807) is 0 Å². The largest absolute Gasteiger partial charge is 0.461 e. The predicted octanol–water partition coefficient (Wildman–Crippen LogP) is 15.6. The van der Waals surface area contributed by atoms with Crippen LogP contribution in [0.3, 0.4) is 0 Å². The van der Waals surface area contributed by atoms with Gasteiger partial charge in [0.15, 0.2) is 6.10 Å². The summed E-state index contributed by atoms with van der Waals surface area (Å²) in [6.07, 6.45) is 72.9. The summed E-state index contributed by atoms with van der Waals surface area (Å²) >= 11 is 0. The van der Waals surface area contributed by atoms with Gasteiger partial charge in [-0.1, -0.05) is 185 Å². The average molecular weight is 823 g/mol. The van der Waals surface area contributed by atoms with E-state index in [4.69, 9.17) is 14.2 Å². The van der Waals surface area contributed by atoms with E-state index in [9.17, 15) is 9.59 Å². The first kappa shape index (κ1) is 55.5. The van der Waals surface area contributed by atoms with Crippen molar-refractivity contribution >= 4 is 11.9 Å². The monoisotopic (exact) mass is 823 g/mol. The van der Waals surface area contributed by atoms with E-state index in [2.05, 4.69) is 161 Å². The van der Waals surface area contributed by atoms with E-state index in [1.807, 2.05) is 18.2 Å². The van der Waals surface area contributed by atoms with Crippen LogP contribution in [-0.4, -0.2) is 37.9 Å². The molecule has 0 fully saturated rings. The second kappa shape index (κ2) is 48.9. The Morgan fingerprint density at radius 2 is 0.750 bits per heavy atom. The fourth-order valence-electron chi connectivity index (χ4n) is 5.29. The van der Waals surface area contributed by atoms with Crippen molar-refractivity contribution in [1.82, 2.24) is 0 Å². The van der Waals surface area contributed by atoms with Crippen molar-refractivity contribution in [2.24, 2.45) is 0 Å². The molecule has 1 unspecified atom stereocenters. The van der Waals surface area contributed by atoms with E-state index >= 15 is 0 Å². The van der Waals surface area contributed by atoms with Crippen LogP contribution in [0.4, 0.5) is 0 Å². The third kappa shape index (κ3) is 46.2. The second-order valence-corrected chi connectivity index (χ2v) is 14.2. The molecule has 0 rings (SSSR count). The third-order valence-corrected chi connectivity index (χ3v) is 8.59. The molecule has 60 heavy (non-hydrogen) atoms. The van der Waals surface area contributed by atoms with Crippen LogP contribution in [-0.2, 0) is 23.8 Å². The van der Waals surface area contributed by atoms with Gasteiger partial charge in [-0.2, -0.15) is 0 Å². The molecule has 0 spiro atoms. The molecule has 0 heterocycles. The molecule has 5 nitrogen and oxygen atoms in total. The quantitative estimate of drug-likeness (QED) is 0.0351. The summed E-state index contributed by atoms with van der Waals surface area (Å²) in [5.74, 6) is -0.675. The van der Waals surface area contributed by atoms with E-state index < -0.39 is 6.10 Å². The Balaban J connectivity index is 4.59. The van der Waals surface area contributed by atoms with E-state index in [0.717, 1.165) is 109 Å². The summed E-state index contributed by atoms with van der Waals surface area (Å²) in [4.78, 5) is 25.2. The van der Waals surface area contributed by atoms with Gasteiger partial charge in [-0.15, -0.1) is 0 Å². The first-order valence-corrected chi connectivity index (χ1v) is 23.0. The van der Waals surface area contributed by atoms with Crippen molar-refractivity contribution in [2.45, 2.75) is 155 Å². The lowest BCUT2D eigenvalue weighted by Gasteiger charge is -2.18. The topological polar surface area (TPSA) is 61.8 Å². The normalized spacial score (nSPS) is 13.7. The van der Waals surface area contributed by atoms with Gasteiger partial charge in [-0.25, -0.2) is 0 Å². The zero-order valence-corrected chi connectivity index (χ0v) is 37.9. The number of rotatable bonds is 39. The van der Waals surface area contributed by atoms with Crippen LogP contribution in [0.25, 0.3) is 0 Å². The van der Waals surface area contributed by atoms with Crippen molar-refractivity contribution in [3.8, 4) is 0 Å². The maximum absolute atomic E-state index is 12.7. The van der Waals surface area contributed by atoms with Gasteiger partial charge in [0.25, 0.3) is 0 Å². The number of ether oxygens (including phenoxy) is 3. The zero-order chi connectivity index (χ0) is 43.5. The van der Waals surface area contributed by atoms with Crippen LogP contribution in [0.1, 0.15) is 149 Å². The molecule has 0 bridgehead atoms. The van der Waals surface area contributed by atoms with Crippen molar-refractivity contribution in [3.63, 3.8) is 0 Å². The summed E-state index contributed by atoms with van der Waals surface area (Å²) in [7, 11) is 0. The molecule has 0 radical (unpaired) electrons. The van der Waals surface area contributed by atoms with Crippen molar-refractivity contribution in [2.75, 3.05) is 19.8 Å². The molecule has 5 heteroatoms. The van der Waals surface area contributed by atoms with Gasteiger partial charge in [0.05, 0.1) is 13.0 Å². The number of carbonyl (C=O) groups is 2.